The predicted molar refractivity (Wildman–Crippen MR) is 67.5 cm³/mol. The smallest absolute Gasteiger partial charge is 0.323 e. The molecule has 0 radical (unpaired) electrons. The van der Waals surface area contributed by atoms with Crippen LogP contribution in [0.2, 0.25) is 0 Å². The summed E-state index contributed by atoms with van der Waals surface area (Å²) in [5.74, 6) is 0.0799. The molecule has 17 heavy (non-hydrogen) atoms. The molecule has 0 aliphatic heterocycles. The molecule has 1 heterocycles. The van der Waals surface area contributed by atoms with Crippen molar-refractivity contribution in [1.29, 1.82) is 0 Å². The van der Waals surface area contributed by atoms with Crippen molar-refractivity contribution in [2.45, 2.75) is 32.9 Å². The molecule has 0 aromatic carbocycles. The van der Waals surface area contributed by atoms with Crippen molar-refractivity contribution in [2.24, 2.45) is 13.0 Å². The molecule has 0 saturated heterocycles. The second-order valence-corrected chi connectivity index (χ2v) is 4.38. The Hall–Kier alpha value is -1.29. The summed E-state index contributed by atoms with van der Waals surface area (Å²) >= 11 is 0. The Bertz CT molecular complexity index is 360. The molecule has 0 bridgehead atoms. The summed E-state index contributed by atoms with van der Waals surface area (Å²) in [6.07, 6.45) is 2.94. The van der Waals surface area contributed by atoms with E-state index < -0.39 is 0 Å². The predicted octanol–water partition coefficient (Wildman–Crippen LogP) is 1.70. The van der Waals surface area contributed by atoms with Crippen molar-refractivity contribution < 1.29 is 9.53 Å². The number of nitrogens with one attached hydrogen (secondary N) is 1. The molecule has 0 aliphatic carbocycles. The average Bonchev–Trinajstić information content (AvgIpc) is 2.74. The highest BCUT2D eigenvalue weighted by atomic mass is 16.5. The van der Waals surface area contributed by atoms with Crippen LogP contribution >= 0.6 is 0 Å². The number of esters is 1. The molecule has 96 valence electrons. The molecule has 0 fully saturated rings. The SMILES string of the molecule is CCC(C)C(NCc1cccn1C)C(=O)OC. The molecule has 0 spiro atoms. The second-order valence-electron chi connectivity index (χ2n) is 4.38. The van der Waals surface area contributed by atoms with E-state index in [-0.39, 0.29) is 17.9 Å². The number of rotatable bonds is 6. The molecule has 1 N–H and O–H groups in total. The lowest BCUT2D eigenvalue weighted by atomic mass is 9.99. The van der Waals surface area contributed by atoms with Crippen LogP contribution in [0.4, 0.5) is 0 Å². The third-order valence-corrected chi connectivity index (χ3v) is 3.22. The highest BCUT2D eigenvalue weighted by Gasteiger charge is 2.24. The first-order chi connectivity index (χ1) is 8.10. The highest BCUT2D eigenvalue weighted by Crippen LogP contribution is 2.10. The largest absolute Gasteiger partial charge is 0.468 e. The number of ether oxygens (including phenoxy) is 1. The molecule has 4 heteroatoms. The number of aryl methyl sites for hydroxylation is 1. The molecule has 4 nitrogen and oxygen atoms in total. The van der Waals surface area contributed by atoms with Gasteiger partial charge in [0, 0.05) is 25.5 Å². The van der Waals surface area contributed by atoms with Gasteiger partial charge in [-0.2, -0.15) is 0 Å². The molecule has 1 aromatic rings. The van der Waals surface area contributed by atoms with Gasteiger partial charge in [0.25, 0.3) is 0 Å². The van der Waals surface area contributed by atoms with Gasteiger partial charge in [0.1, 0.15) is 6.04 Å². The molecule has 0 aliphatic rings. The van der Waals surface area contributed by atoms with E-state index in [1.165, 1.54) is 7.11 Å². The number of hydrogen-bond acceptors (Lipinski definition) is 3. The van der Waals surface area contributed by atoms with Crippen LogP contribution in [0, 0.1) is 5.92 Å². The van der Waals surface area contributed by atoms with Crippen LogP contribution in [0.3, 0.4) is 0 Å². The van der Waals surface area contributed by atoms with Crippen LogP contribution < -0.4 is 5.32 Å². The van der Waals surface area contributed by atoms with Crippen molar-refractivity contribution in [3.05, 3.63) is 24.0 Å². The van der Waals surface area contributed by atoms with Crippen LogP contribution in [0.1, 0.15) is 26.0 Å². The van der Waals surface area contributed by atoms with E-state index in [0.29, 0.717) is 6.54 Å². The molecular weight excluding hydrogens is 216 g/mol. The van der Waals surface area contributed by atoms with E-state index in [9.17, 15) is 4.79 Å². The monoisotopic (exact) mass is 238 g/mol. The summed E-state index contributed by atoms with van der Waals surface area (Å²) in [6, 6.07) is 3.80. The fourth-order valence-corrected chi connectivity index (χ4v) is 1.77. The first-order valence-electron chi connectivity index (χ1n) is 6.01. The van der Waals surface area contributed by atoms with Gasteiger partial charge in [-0.3, -0.25) is 10.1 Å². The zero-order chi connectivity index (χ0) is 12.8. The van der Waals surface area contributed by atoms with Gasteiger partial charge in [-0.15, -0.1) is 0 Å². The van der Waals surface area contributed by atoms with Crippen molar-refractivity contribution in [1.82, 2.24) is 9.88 Å². The summed E-state index contributed by atoms with van der Waals surface area (Å²) in [6.45, 7) is 4.80. The van der Waals surface area contributed by atoms with E-state index in [2.05, 4.69) is 19.2 Å². The number of methoxy groups -OCH3 is 1. The maximum absolute atomic E-state index is 11.7. The van der Waals surface area contributed by atoms with Crippen molar-refractivity contribution in [3.8, 4) is 0 Å². The summed E-state index contributed by atoms with van der Waals surface area (Å²) in [4.78, 5) is 11.7. The fourth-order valence-electron chi connectivity index (χ4n) is 1.77. The van der Waals surface area contributed by atoms with E-state index in [0.717, 1.165) is 12.1 Å². The van der Waals surface area contributed by atoms with E-state index in [4.69, 9.17) is 4.74 Å². The van der Waals surface area contributed by atoms with Crippen molar-refractivity contribution in [3.63, 3.8) is 0 Å². The van der Waals surface area contributed by atoms with E-state index in [1.807, 2.05) is 29.9 Å². The van der Waals surface area contributed by atoms with Crippen LogP contribution in [-0.4, -0.2) is 23.7 Å². The first kappa shape index (κ1) is 13.8. The van der Waals surface area contributed by atoms with E-state index in [1.54, 1.807) is 0 Å². The molecule has 2 unspecified atom stereocenters. The molecule has 2 atom stereocenters. The molecule has 1 aromatic heterocycles. The number of carbonyl (C=O) groups excluding carboxylic acids is 1. The van der Waals surface area contributed by atoms with Gasteiger partial charge in [0.2, 0.25) is 0 Å². The summed E-state index contributed by atoms with van der Waals surface area (Å²) in [7, 11) is 3.43. The summed E-state index contributed by atoms with van der Waals surface area (Å²) < 4.78 is 6.87. The molecular formula is C13H22N2O2. The van der Waals surface area contributed by atoms with Crippen LogP contribution in [0.25, 0.3) is 0 Å². The minimum atomic E-state index is -0.236. The van der Waals surface area contributed by atoms with Gasteiger partial charge in [0.05, 0.1) is 7.11 Å². The summed E-state index contributed by atoms with van der Waals surface area (Å²) in [5, 5.41) is 3.27. The maximum Gasteiger partial charge on any atom is 0.323 e. The fraction of sp³-hybridized carbons (Fsp3) is 0.615. The first-order valence-corrected chi connectivity index (χ1v) is 6.01. The minimum absolute atomic E-state index is 0.187. The van der Waals surface area contributed by atoms with Crippen LogP contribution in [0.5, 0.6) is 0 Å². The lowest BCUT2D eigenvalue weighted by molar-refractivity contribution is -0.144. The molecule has 1 rings (SSSR count). The Kier molecular flexibility index (Phi) is 5.22. The number of aromatic nitrogens is 1. The minimum Gasteiger partial charge on any atom is -0.468 e. The number of hydrogen-bond donors (Lipinski definition) is 1. The zero-order valence-corrected chi connectivity index (χ0v) is 11.1. The number of carbonyl (C=O) groups is 1. The molecule has 0 saturated carbocycles. The van der Waals surface area contributed by atoms with E-state index >= 15 is 0 Å². The normalized spacial score (nSPS) is 14.4. The Morgan fingerprint density at radius 3 is 2.76 bits per heavy atom. The maximum atomic E-state index is 11.7. The zero-order valence-electron chi connectivity index (χ0n) is 11.1. The lowest BCUT2D eigenvalue weighted by Gasteiger charge is -2.22. The third kappa shape index (κ3) is 3.60. The lowest BCUT2D eigenvalue weighted by Crippen LogP contribution is -2.42. The Morgan fingerprint density at radius 1 is 1.59 bits per heavy atom. The van der Waals surface area contributed by atoms with Gasteiger partial charge in [0.15, 0.2) is 0 Å². The van der Waals surface area contributed by atoms with Gasteiger partial charge >= 0.3 is 5.97 Å². The Labute approximate surface area is 103 Å². The standard InChI is InChI=1S/C13H22N2O2/c1-5-10(2)12(13(16)17-4)14-9-11-7-6-8-15(11)3/h6-8,10,12,14H,5,9H2,1-4H3. The van der Waals surface area contributed by atoms with Gasteiger partial charge in [-0.05, 0) is 18.1 Å². The second kappa shape index (κ2) is 6.45. The van der Waals surface area contributed by atoms with Crippen molar-refractivity contribution >= 4 is 5.97 Å². The molecule has 0 amide bonds. The van der Waals surface area contributed by atoms with Gasteiger partial charge in [-0.25, -0.2) is 0 Å². The Morgan fingerprint density at radius 2 is 2.29 bits per heavy atom. The summed E-state index contributed by atoms with van der Waals surface area (Å²) in [5.41, 5.74) is 1.15. The number of nitrogens with zero attached hydrogens (tertiary/aromatic N) is 1. The van der Waals surface area contributed by atoms with Gasteiger partial charge in [-0.1, -0.05) is 20.3 Å². The van der Waals surface area contributed by atoms with Gasteiger partial charge < -0.3 is 9.30 Å². The van der Waals surface area contributed by atoms with Crippen LogP contribution in [-0.2, 0) is 23.1 Å². The topological polar surface area (TPSA) is 43.3 Å². The van der Waals surface area contributed by atoms with Crippen molar-refractivity contribution in [2.75, 3.05) is 7.11 Å². The van der Waals surface area contributed by atoms with Crippen LogP contribution in [0.15, 0.2) is 18.3 Å². The third-order valence-electron chi connectivity index (χ3n) is 3.22. The Balaban J connectivity index is 2.61. The average molecular weight is 238 g/mol. The highest BCUT2D eigenvalue weighted by molar-refractivity contribution is 5.75. The quantitative estimate of drug-likeness (QED) is 0.767.